The molecule has 22 heavy (non-hydrogen) atoms. The molecule has 1 aromatic rings. The van der Waals surface area contributed by atoms with Crippen LogP contribution in [0, 0.1) is 6.92 Å². The lowest BCUT2D eigenvalue weighted by Crippen LogP contribution is -2.34. The zero-order valence-electron chi connectivity index (χ0n) is 12.5. The monoisotopic (exact) mass is 300 g/mol. The lowest BCUT2D eigenvalue weighted by Gasteiger charge is -2.29. The molecule has 1 aliphatic heterocycles. The van der Waals surface area contributed by atoms with Crippen LogP contribution in [0.15, 0.2) is 47.1 Å². The second-order valence-electron chi connectivity index (χ2n) is 5.76. The number of nitrogens with zero attached hydrogens (tertiary/aromatic N) is 1. The van der Waals surface area contributed by atoms with Gasteiger partial charge in [-0.05, 0) is 30.6 Å². The van der Waals surface area contributed by atoms with Gasteiger partial charge in [0.25, 0.3) is 0 Å². The number of hydrogen-bond donors (Lipinski definition) is 1. The predicted octanol–water partition coefficient (Wildman–Crippen LogP) is 3.53. The number of benzene rings is 1. The van der Waals surface area contributed by atoms with Crippen molar-refractivity contribution < 1.29 is 13.9 Å². The number of cyclic esters (lactones) is 1. The Morgan fingerprint density at radius 3 is 2.59 bits per heavy atom. The summed E-state index contributed by atoms with van der Waals surface area (Å²) in [6.45, 7) is 3.64. The molecular formula is C17H17FN2O2. The number of aryl methyl sites for hydroxylation is 1. The van der Waals surface area contributed by atoms with Gasteiger partial charge in [-0.1, -0.05) is 42.0 Å². The number of hydrazone groups is 1. The molecule has 114 valence electrons. The fraction of sp³-hybridized carbons (Fsp3) is 0.294. The Kier molecular flexibility index (Phi) is 3.56. The van der Waals surface area contributed by atoms with E-state index < -0.39 is 11.8 Å². The normalized spacial score (nSPS) is 24.7. The van der Waals surface area contributed by atoms with E-state index in [-0.39, 0.29) is 13.0 Å². The van der Waals surface area contributed by atoms with Gasteiger partial charge < -0.3 is 4.74 Å². The molecule has 5 heteroatoms. The average molecular weight is 300 g/mol. The van der Waals surface area contributed by atoms with E-state index in [1.165, 1.54) is 0 Å². The summed E-state index contributed by atoms with van der Waals surface area (Å²) >= 11 is 0. The van der Waals surface area contributed by atoms with Crippen LogP contribution in [0.4, 0.5) is 9.18 Å². The highest BCUT2D eigenvalue weighted by Crippen LogP contribution is 2.39. The summed E-state index contributed by atoms with van der Waals surface area (Å²) in [5.41, 5.74) is 4.71. The molecule has 0 bridgehead atoms. The molecule has 0 saturated carbocycles. The van der Waals surface area contributed by atoms with Crippen molar-refractivity contribution >= 4 is 17.4 Å². The minimum Gasteiger partial charge on any atom is -0.442 e. The number of allylic oxidation sites excluding steroid dienone is 3. The number of nitrogens with one attached hydrogen (secondary N) is 1. The second-order valence-corrected chi connectivity index (χ2v) is 5.76. The number of hydrogen-bond acceptors (Lipinski definition) is 3. The third kappa shape index (κ3) is 2.79. The standard InChI is InChI=1S/C17H17FN2O2/c1-11-3-5-12(6-4-11)14-8-7-13(9-17(14,2)18)15-10-22-16(21)20-19-15/h3-8H,9-10H2,1-2H3,(H,20,21). The van der Waals surface area contributed by atoms with E-state index in [1.807, 2.05) is 37.3 Å². The molecule has 0 spiro atoms. The van der Waals surface area contributed by atoms with Crippen LogP contribution in [0.1, 0.15) is 24.5 Å². The molecule has 1 heterocycles. The van der Waals surface area contributed by atoms with Gasteiger partial charge in [-0.25, -0.2) is 14.6 Å². The first-order valence-electron chi connectivity index (χ1n) is 7.13. The Morgan fingerprint density at radius 1 is 1.27 bits per heavy atom. The van der Waals surface area contributed by atoms with Crippen molar-refractivity contribution in [2.45, 2.75) is 25.9 Å². The summed E-state index contributed by atoms with van der Waals surface area (Å²) in [5, 5.41) is 3.94. The maximum Gasteiger partial charge on any atom is 0.428 e. The average Bonchev–Trinajstić information content (AvgIpc) is 2.48. The molecule has 1 N–H and O–H groups in total. The largest absolute Gasteiger partial charge is 0.442 e. The molecule has 1 unspecified atom stereocenters. The summed E-state index contributed by atoms with van der Waals surface area (Å²) in [7, 11) is 0. The summed E-state index contributed by atoms with van der Waals surface area (Å²) in [6.07, 6.45) is 3.24. The smallest absolute Gasteiger partial charge is 0.428 e. The Hall–Kier alpha value is -2.43. The van der Waals surface area contributed by atoms with Crippen molar-refractivity contribution in [2.75, 3.05) is 6.61 Å². The van der Waals surface area contributed by atoms with Crippen molar-refractivity contribution in [1.82, 2.24) is 5.43 Å². The molecule has 0 radical (unpaired) electrons. The van der Waals surface area contributed by atoms with E-state index in [4.69, 9.17) is 4.74 Å². The van der Waals surface area contributed by atoms with Gasteiger partial charge in [-0.15, -0.1) is 0 Å². The Morgan fingerprint density at radius 2 is 2.00 bits per heavy atom. The maximum absolute atomic E-state index is 15.1. The van der Waals surface area contributed by atoms with Crippen molar-refractivity contribution in [3.05, 3.63) is 53.1 Å². The number of rotatable bonds is 2. The van der Waals surface area contributed by atoms with Crippen LogP contribution in [0.25, 0.3) is 5.57 Å². The van der Waals surface area contributed by atoms with Crippen molar-refractivity contribution in [1.29, 1.82) is 0 Å². The molecule has 0 fully saturated rings. The van der Waals surface area contributed by atoms with Crippen molar-refractivity contribution in [3.63, 3.8) is 0 Å². The molecule has 3 rings (SSSR count). The SMILES string of the molecule is Cc1ccc(C2=CC=C(C3=NNC(=O)OC3)CC2(C)F)cc1. The Bertz CT molecular complexity index is 700. The van der Waals surface area contributed by atoms with Gasteiger partial charge in [0, 0.05) is 6.42 Å². The Labute approximate surface area is 128 Å². The van der Waals surface area contributed by atoms with Crippen LogP contribution in [0.3, 0.4) is 0 Å². The first-order valence-corrected chi connectivity index (χ1v) is 7.13. The molecular weight excluding hydrogens is 283 g/mol. The first-order chi connectivity index (χ1) is 10.5. The first kappa shape index (κ1) is 14.5. The van der Waals surface area contributed by atoms with Gasteiger partial charge >= 0.3 is 6.09 Å². The lowest BCUT2D eigenvalue weighted by molar-refractivity contribution is 0.157. The highest BCUT2D eigenvalue weighted by atomic mass is 19.1. The summed E-state index contributed by atoms with van der Waals surface area (Å²) in [6, 6.07) is 7.80. The fourth-order valence-corrected chi connectivity index (χ4v) is 2.67. The highest BCUT2D eigenvalue weighted by molar-refractivity contribution is 6.04. The van der Waals surface area contributed by atoms with Crippen LogP contribution >= 0.6 is 0 Å². The van der Waals surface area contributed by atoms with E-state index >= 15 is 4.39 Å². The molecule has 1 aliphatic carbocycles. The van der Waals surface area contributed by atoms with Crippen LogP contribution in [-0.2, 0) is 4.74 Å². The van der Waals surface area contributed by atoms with E-state index in [1.54, 1.807) is 13.0 Å². The van der Waals surface area contributed by atoms with Gasteiger partial charge in [0.1, 0.15) is 18.0 Å². The lowest BCUT2D eigenvalue weighted by atomic mass is 9.81. The summed E-state index contributed by atoms with van der Waals surface area (Å²) in [4.78, 5) is 10.9. The number of carbonyl (C=O) groups is 1. The maximum atomic E-state index is 15.1. The minimum atomic E-state index is -1.50. The molecule has 0 aromatic heterocycles. The predicted molar refractivity (Wildman–Crippen MR) is 83.3 cm³/mol. The zero-order chi connectivity index (χ0) is 15.7. The van der Waals surface area contributed by atoms with Gasteiger partial charge in [0.2, 0.25) is 0 Å². The van der Waals surface area contributed by atoms with Gasteiger partial charge in [-0.2, -0.15) is 5.10 Å². The minimum absolute atomic E-state index is 0.0709. The van der Waals surface area contributed by atoms with Crippen LogP contribution in [0.5, 0.6) is 0 Å². The third-order valence-electron chi connectivity index (χ3n) is 3.89. The number of carbonyl (C=O) groups excluding carboxylic acids is 1. The molecule has 1 atom stereocenters. The number of amides is 1. The summed E-state index contributed by atoms with van der Waals surface area (Å²) in [5.74, 6) is 0. The molecule has 1 amide bonds. The van der Waals surface area contributed by atoms with Crippen LogP contribution in [0.2, 0.25) is 0 Å². The highest BCUT2D eigenvalue weighted by Gasteiger charge is 2.34. The molecule has 0 saturated heterocycles. The van der Waals surface area contributed by atoms with Crippen LogP contribution in [-0.4, -0.2) is 24.1 Å². The van der Waals surface area contributed by atoms with Gasteiger partial charge in [0.15, 0.2) is 0 Å². The van der Waals surface area contributed by atoms with E-state index in [0.717, 1.165) is 16.7 Å². The van der Waals surface area contributed by atoms with Crippen LogP contribution < -0.4 is 5.43 Å². The Balaban J connectivity index is 1.92. The zero-order valence-corrected chi connectivity index (χ0v) is 12.5. The van der Waals surface area contributed by atoms with Gasteiger partial charge in [0.05, 0.1) is 0 Å². The quantitative estimate of drug-likeness (QED) is 0.908. The van der Waals surface area contributed by atoms with Gasteiger partial charge in [-0.3, -0.25) is 0 Å². The number of alkyl halides is 1. The summed E-state index contributed by atoms with van der Waals surface area (Å²) < 4.78 is 20.0. The van der Waals surface area contributed by atoms with Crippen molar-refractivity contribution in [2.24, 2.45) is 5.10 Å². The third-order valence-corrected chi connectivity index (χ3v) is 3.89. The topological polar surface area (TPSA) is 50.7 Å². The van der Waals surface area contributed by atoms with Crippen molar-refractivity contribution in [3.8, 4) is 0 Å². The fourth-order valence-electron chi connectivity index (χ4n) is 2.67. The van der Waals surface area contributed by atoms with E-state index in [9.17, 15) is 4.79 Å². The molecule has 2 aliphatic rings. The number of halogens is 1. The molecule has 1 aromatic carbocycles. The molecule has 4 nitrogen and oxygen atoms in total. The van der Waals surface area contributed by atoms with E-state index in [0.29, 0.717) is 11.3 Å². The number of ether oxygens (including phenoxy) is 1. The second kappa shape index (κ2) is 5.40. The van der Waals surface area contributed by atoms with E-state index in [2.05, 4.69) is 10.5 Å².